The fourth-order valence-corrected chi connectivity index (χ4v) is 0.368. The summed E-state index contributed by atoms with van der Waals surface area (Å²) in [6.07, 6.45) is 3.60. The zero-order valence-corrected chi connectivity index (χ0v) is 6.98. The van der Waals surface area contributed by atoms with Crippen molar-refractivity contribution in [3.63, 3.8) is 0 Å². The number of rotatable bonds is 3. The van der Waals surface area contributed by atoms with Crippen LogP contribution in [0.1, 0.15) is 0 Å². The molecule has 0 saturated heterocycles. The largest absolute Gasteiger partial charge is 0.465 e. The van der Waals surface area contributed by atoms with Crippen LogP contribution in [0, 0.1) is 12.3 Å². The van der Waals surface area contributed by atoms with Gasteiger partial charge in [0.15, 0.2) is 0 Å². The van der Waals surface area contributed by atoms with E-state index in [-0.39, 0.29) is 25.5 Å². The third-order valence-electron chi connectivity index (χ3n) is 0.788. The van der Waals surface area contributed by atoms with Gasteiger partial charge >= 0.3 is 6.09 Å². The van der Waals surface area contributed by atoms with Crippen molar-refractivity contribution in [2.45, 2.75) is 0 Å². The minimum absolute atomic E-state index is 0. The molecule has 0 rings (SSSR count). The molecule has 0 heterocycles. The topological polar surface area (TPSA) is 78.4 Å². The molecule has 12 heavy (non-hydrogen) atoms. The Morgan fingerprint density at radius 3 is 2.42 bits per heavy atom. The van der Waals surface area contributed by atoms with Gasteiger partial charge in [0.05, 0.1) is 6.54 Å². The van der Waals surface area contributed by atoms with Crippen LogP contribution in [0.2, 0.25) is 0 Å². The van der Waals surface area contributed by atoms with Crippen molar-refractivity contribution in [2.75, 3.05) is 13.1 Å². The average Bonchev–Trinajstić information content (AvgIpc) is 1.97. The van der Waals surface area contributed by atoms with E-state index in [4.69, 9.17) is 11.5 Å². The lowest BCUT2D eigenvalue weighted by Crippen LogP contribution is -2.36. The highest BCUT2D eigenvalue weighted by molar-refractivity contribution is 5.85. The molecular weight excluding hydrogens is 184 g/mol. The summed E-state index contributed by atoms with van der Waals surface area (Å²) in [5, 5.41) is 12.2. The van der Waals surface area contributed by atoms with Crippen LogP contribution in [-0.4, -0.2) is 30.2 Å². The van der Waals surface area contributed by atoms with Crippen LogP contribution in [-0.2, 0) is 4.79 Å². The molecule has 0 aromatic rings. The lowest BCUT2D eigenvalue weighted by molar-refractivity contribution is -0.119. The molecule has 0 aliphatic heterocycles. The van der Waals surface area contributed by atoms with Crippen LogP contribution < -0.4 is 10.6 Å². The second kappa shape index (κ2) is 7.69. The summed E-state index contributed by atoms with van der Waals surface area (Å²) in [5.41, 5.74) is 0. The summed E-state index contributed by atoms with van der Waals surface area (Å²) in [7, 11) is 0. The summed E-state index contributed by atoms with van der Waals surface area (Å²) >= 11 is 0. The summed E-state index contributed by atoms with van der Waals surface area (Å²) in [6, 6.07) is 0. The van der Waals surface area contributed by atoms with Gasteiger partial charge in [-0.2, -0.15) is 0 Å². The average molecular weight is 193 g/mol. The SMILES string of the molecule is C#CCNC(=O)CNC(=O)O.Cl. The molecule has 0 bridgehead atoms. The normalized spacial score (nSPS) is 7.25. The molecular formula is C6H9ClN2O3. The van der Waals surface area contributed by atoms with E-state index in [1.807, 2.05) is 5.32 Å². The number of hydrogen-bond acceptors (Lipinski definition) is 2. The molecule has 0 fully saturated rings. The van der Waals surface area contributed by atoms with E-state index in [0.717, 1.165) is 0 Å². The Hall–Kier alpha value is -1.41. The van der Waals surface area contributed by atoms with E-state index in [0.29, 0.717) is 0 Å². The fourth-order valence-electron chi connectivity index (χ4n) is 0.368. The summed E-state index contributed by atoms with van der Waals surface area (Å²) in [4.78, 5) is 20.4. The van der Waals surface area contributed by atoms with Crippen molar-refractivity contribution in [1.82, 2.24) is 10.6 Å². The molecule has 0 radical (unpaired) electrons. The van der Waals surface area contributed by atoms with Crippen molar-refractivity contribution < 1.29 is 14.7 Å². The van der Waals surface area contributed by atoms with Crippen molar-refractivity contribution in [3.8, 4) is 12.3 Å². The van der Waals surface area contributed by atoms with Gasteiger partial charge in [0.2, 0.25) is 5.91 Å². The van der Waals surface area contributed by atoms with E-state index >= 15 is 0 Å². The van der Waals surface area contributed by atoms with E-state index in [9.17, 15) is 9.59 Å². The first-order valence-electron chi connectivity index (χ1n) is 2.83. The van der Waals surface area contributed by atoms with Crippen LogP contribution in [0.5, 0.6) is 0 Å². The lowest BCUT2D eigenvalue weighted by Gasteiger charge is -1.99. The minimum Gasteiger partial charge on any atom is -0.465 e. The van der Waals surface area contributed by atoms with Gasteiger partial charge in [-0.15, -0.1) is 18.8 Å². The van der Waals surface area contributed by atoms with Gasteiger partial charge in [-0.05, 0) is 0 Å². The fraction of sp³-hybridized carbons (Fsp3) is 0.333. The van der Waals surface area contributed by atoms with Crippen molar-refractivity contribution >= 4 is 24.4 Å². The number of halogens is 1. The van der Waals surface area contributed by atoms with Crippen LogP contribution in [0.3, 0.4) is 0 Å². The second-order valence-corrected chi connectivity index (χ2v) is 1.64. The molecule has 0 atom stereocenters. The summed E-state index contributed by atoms with van der Waals surface area (Å²) in [6.45, 7) is -0.156. The van der Waals surface area contributed by atoms with Crippen LogP contribution in [0.25, 0.3) is 0 Å². The maximum Gasteiger partial charge on any atom is 0.405 e. The van der Waals surface area contributed by atoms with Crippen molar-refractivity contribution in [2.24, 2.45) is 0 Å². The van der Waals surface area contributed by atoms with Gasteiger partial charge in [0.25, 0.3) is 0 Å². The molecule has 5 nitrogen and oxygen atoms in total. The Balaban J connectivity index is 0. The summed E-state index contributed by atoms with van der Waals surface area (Å²) < 4.78 is 0. The molecule has 6 heteroatoms. The Morgan fingerprint density at radius 2 is 2.00 bits per heavy atom. The Labute approximate surface area is 75.9 Å². The molecule has 0 aromatic carbocycles. The van der Waals surface area contributed by atoms with E-state index in [2.05, 4.69) is 11.2 Å². The van der Waals surface area contributed by atoms with Gasteiger partial charge in [-0.3, -0.25) is 4.79 Å². The zero-order valence-electron chi connectivity index (χ0n) is 6.16. The molecule has 2 amide bonds. The number of carbonyl (C=O) groups is 2. The van der Waals surface area contributed by atoms with Gasteiger partial charge in [-0.1, -0.05) is 5.92 Å². The standard InChI is InChI=1S/C6H8N2O3.ClH/c1-2-3-7-5(9)4-8-6(10)11;/h1,8H,3-4H2,(H,7,9)(H,10,11);1H. The van der Waals surface area contributed by atoms with Gasteiger partial charge in [-0.25, -0.2) is 4.79 Å². The third-order valence-corrected chi connectivity index (χ3v) is 0.788. The Kier molecular flexibility index (Phi) is 8.46. The number of amides is 2. The smallest absolute Gasteiger partial charge is 0.405 e. The first-order chi connectivity index (χ1) is 5.16. The molecule has 3 N–H and O–H groups in total. The summed E-state index contributed by atoms with van der Waals surface area (Å²) in [5.74, 6) is 1.74. The first kappa shape index (κ1) is 13.2. The van der Waals surface area contributed by atoms with Crippen LogP contribution in [0.15, 0.2) is 0 Å². The number of carbonyl (C=O) groups excluding carboxylic acids is 1. The van der Waals surface area contributed by atoms with E-state index in [1.165, 1.54) is 0 Å². The molecule has 0 unspecified atom stereocenters. The molecule has 0 aliphatic rings. The first-order valence-corrected chi connectivity index (χ1v) is 2.83. The van der Waals surface area contributed by atoms with Gasteiger partial charge in [0.1, 0.15) is 6.54 Å². The molecule has 0 saturated carbocycles. The van der Waals surface area contributed by atoms with Crippen molar-refractivity contribution in [3.05, 3.63) is 0 Å². The predicted molar refractivity (Wildman–Crippen MR) is 45.1 cm³/mol. The third kappa shape index (κ3) is 8.59. The molecule has 0 aromatic heterocycles. The maximum atomic E-state index is 10.6. The quantitative estimate of drug-likeness (QED) is 0.524. The lowest BCUT2D eigenvalue weighted by atomic mass is 10.5. The van der Waals surface area contributed by atoms with E-state index in [1.54, 1.807) is 0 Å². The zero-order chi connectivity index (χ0) is 8.69. The molecule has 68 valence electrons. The minimum atomic E-state index is -1.24. The van der Waals surface area contributed by atoms with E-state index < -0.39 is 12.0 Å². The van der Waals surface area contributed by atoms with Crippen LogP contribution >= 0.6 is 12.4 Å². The maximum absolute atomic E-state index is 10.6. The number of nitrogens with one attached hydrogen (secondary N) is 2. The predicted octanol–water partition coefficient (Wildman–Crippen LogP) is -0.575. The number of terminal acetylenes is 1. The second-order valence-electron chi connectivity index (χ2n) is 1.64. The van der Waals surface area contributed by atoms with Crippen LogP contribution in [0.4, 0.5) is 4.79 Å². The van der Waals surface area contributed by atoms with Gasteiger partial charge < -0.3 is 15.7 Å². The Morgan fingerprint density at radius 1 is 1.42 bits per heavy atom. The highest BCUT2D eigenvalue weighted by Crippen LogP contribution is 1.64. The molecule has 0 aliphatic carbocycles. The monoisotopic (exact) mass is 192 g/mol. The van der Waals surface area contributed by atoms with Crippen molar-refractivity contribution in [1.29, 1.82) is 0 Å². The van der Waals surface area contributed by atoms with Gasteiger partial charge in [0, 0.05) is 0 Å². The highest BCUT2D eigenvalue weighted by Gasteiger charge is 2.00. The highest BCUT2D eigenvalue weighted by atomic mass is 35.5. The number of hydrogen-bond donors (Lipinski definition) is 3. The number of carboxylic acid groups (broad SMARTS) is 1. The molecule has 0 spiro atoms. The Bertz CT molecular complexity index is 199.